The first kappa shape index (κ1) is 34.8. The van der Waals surface area contributed by atoms with Gasteiger partial charge in [0.2, 0.25) is 11.8 Å². The van der Waals surface area contributed by atoms with E-state index in [1.807, 2.05) is 43.3 Å². The second kappa shape index (κ2) is 14.0. The van der Waals surface area contributed by atoms with Crippen LogP contribution in [0.2, 0.25) is 10.0 Å². The van der Waals surface area contributed by atoms with Crippen LogP contribution < -0.4 is 14.8 Å². The zero-order valence-corrected chi connectivity index (χ0v) is 31.0. The highest BCUT2D eigenvalue weighted by atomic mass is 35.5. The third-order valence-corrected chi connectivity index (χ3v) is 11.8. The lowest BCUT2D eigenvalue weighted by Gasteiger charge is -2.47. The molecule has 10 nitrogen and oxygen atoms in total. The summed E-state index contributed by atoms with van der Waals surface area (Å²) in [6.07, 6.45) is 4.94. The minimum atomic E-state index is -0.105. The number of hydrogen-bond acceptors (Lipinski definition) is 9. The van der Waals surface area contributed by atoms with E-state index in [1.165, 1.54) is 11.1 Å². The van der Waals surface area contributed by atoms with E-state index in [-0.39, 0.29) is 23.3 Å². The summed E-state index contributed by atoms with van der Waals surface area (Å²) < 4.78 is 16.8. The summed E-state index contributed by atoms with van der Waals surface area (Å²) in [5, 5.41) is 4.22. The molecule has 1 unspecified atom stereocenters. The van der Waals surface area contributed by atoms with Crippen LogP contribution in [0.5, 0.6) is 11.6 Å². The zero-order valence-electron chi connectivity index (χ0n) is 29.5. The molecule has 1 amide bonds. The van der Waals surface area contributed by atoms with Crippen molar-refractivity contribution >= 4 is 35.1 Å². The lowest BCUT2D eigenvalue weighted by atomic mass is 9.88. The molecule has 270 valence electrons. The fourth-order valence-corrected chi connectivity index (χ4v) is 9.00. The van der Waals surface area contributed by atoms with Crippen molar-refractivity contribution in [2.24, 2.45) is 5.92 Å². The maximum Gasteiger partial charge on any atom is 0.311 e. The molecule has 1 N–H and O–H groups in total. The molecular weight excluding hydrogens is 701 g/mol. The monoisotopic (exact) mass is 741 g/mol. The number of benzene rings is 3. The molecule has 4 aliphatic rings. The summed E-state index contributed by atoms with van der Waals surface area (Å²) in [5.41, 5.74) is 7.81. The lowest BCUT2D eigenvalue weighted by molar-refractivity contribution is -0.155. The van der Waals surface area contributed by atoms with Crippen molar-refractivity contribution in [3.05, 3.63) is 81.6 Å². The maximum absolute atomic E-state index is 12.2. The topological polar surface area (TPSA) is 106 Å². The summed E-state index contributed by atoms with van der Waals surface area (Å²) in [7, 11) is 3.30. The Bertz CT molecular complexity index is 2060. The number of amides is 1. The van der Waals surface area contributed by atoms with Gasteiger partial charge in [-0.3, -0.25) is 24.4 Å². The van der Waals surface area contributed by atoms with Gasteiger partial charge < -0.3 is 19.5 Å². The first-order valence-electron chi connectivity index (χ1n) is 17.8. The van der Waals surface area contributed by atoms with Crippen LogP contribution in [0.1, 0.15) is 36.6 Å². The molecule has 0 saturated carbocycles. The highest BCUT2D eigenvalue weighted by molar-refractivity contribution is 6.39. The Morgan fingerprint density at radius 2 is 1.69 bits per heavy atom. The third-order valence-electron chi connectivity index (χ3n) is 11.0. The van der Waals surface area contributed by atoms with E-state index in [0.717, 1.165) is 84.7 Å². The number of hydrogen-bond donors (Lipinski definition) is 1. The number of halogens is 2. The van der Waals surface area contributed by atoms with E-state index in [4.69, 9.17) is 47.4 Å². The molecular formula is C40H41Cl2N5O5. The Morgan fingerprint density at radius 1 is 0.981 bits per heavy atom. The molecule has 1 aromatic heterocycles. The second-order valence-corrected chi connectivity index (χ2v) is 15.1. The Morgan fingerprint density at radius 3 is 2.37 bits per heavy atom. The number of nitrogens with one attached hydrogen (secondary N) is 1. The number of carbonyl (C=O) groups excluding carboxylic acids is 2. The first-order chi connectivity index (χ1) is 25.2. The summed E-state index contributed by atoms with van der Waals surface area (Å²) in [6, 6.07) is 16.4. The number of likely N-dealkylation sites (tertiary alicyclic amines) is 2. The van der Waals surface area contributed by atoms with E-state index in [1.54, 1.807) is 20.4 Å². The van der Waals surface area contributed by atoms with Gasteiger partial charge in [-0.15, -0.1) is 0 Å². The number of methoxy groups -OCH3 is 2. The van der Waals surface area contributed by atoms with E-state index in [0.29, 0.717) is 47.2 Å². The van der Waals surface area contributed by atoms with Gasteiger partial charge in [0.1, 0.15) is 11.4 Å². The van der Waals surface area contributed by atoms with E-state index in [9.17, 15) is 9.59 Å². The van der Waals surface area contributed by atoms with Gasteiger partial charge in [0.05, 0.1) is 54.2 Å². The molecule has 4 heterocycles. The normalized spacial score (nSPS) is 19.6. The van der Waals surface area contributed by atoms with Gasteiger partial charge in [-0.1, -0.05) is 65.7 Å². The molecule has 1 spiro atoms. The van der Waals surface area contributed by atoms with Crippen molar-refractivity contribution in [2.75, 3.05) is 47.0 Å². The van der Waals surface area contributed by atoms with Crippen LogP contribution in [0.15, 0.2) is 54.7 Å². The minimum absolute atomic E-state index is 0.0475. The second-order valence-electron chi connectivity index (χ2n) is 14.3. The zero-order chi connectivity index (χ0) is 36.1. The Hall–Kier alpha value is -4.22. The van der Waals surface area contributed by atoms with E-state index < -0.39 is 0 Å². The number of fused-ring (bicyclic) bond motifs is 1. The minimum Gasteiger partial charge on any atom is -0.496 e. The van der Waals surface area contributed by atoms with Crippen molar-refractivity contribution in [3.8, 4) is 45.1 Å². The molecule has 52 heavy (non-hydrogen) atoms. The van der Waals surface area contributed by atoms with Gasteiger partial charge >= 0.3 is 5.97 Å². The largest absolute Gasteiger partial charge is 0.496 e. The standard InChI is InChI=1S/C40H41Cl2N5O5/c1-4-52-39(49)25-18-47(19-25)26-14-23-13-24(15-34(50-2)31(23)16-26)27-7-5-8-28(36(27)41)29-9-6-10-30(37(29)42)32-17-43-33(38(44-32)51-3)20-46-21-40(22-46)12-11-35(48)45-40/h5-10,13,15,17,25-26H,4,11-12,14,16,18-22H2,1-3H3,(H,45,48). The fraction of sp³-hybridized carbons (Fsp3) is 0.400. The van der Waals surface area contributed by atoms with Crippen LogP contribution in [0.3, 0.4) is 0 Å². The van der Waals surface area contributed by atoms with E-state index in [2.05, 4.69) is 27.2 Å². The van der Waals surface area contributed by atoms with Crippen molar-refractivity contribution in [3.63, 3.8) is 0 Å². The number of esters is 1. The smallest absolute Gasteiger partial charge is 0.311 e. The van der Waals surface area contributed by atoms with Crippen LogP contribution in [-0.4, -0.2) is 90.2 Å². The predicted molar refractivity (Wildman–Crippen MR) is 200 cm³/mol. The van der Waals surface area contributed by atoms with Gasteiger partial charge in [0.25, 0.3) is 0 Å². The van der Waals surface area contributed by atoms with Crippen LogP contribution >= 0.6 is 23.2 Å². The summed E-state index contributed by atoms with van der Waals surface area (Å²) in [5.74, 6) is 1.26. The first-order valence-corrected chi connectivity index (χ1v) is 18.6. The molecule has 0 radical (unpaired) electrons. The Kier molecular flexibility index (Phi) is 9.36. The van der Waals surface area contributed by atoms with Crippen LogP contribution in [0.4, 0.5) is 0 Å². The van der Waals surface area contributed by atoms with Crippen LogP contribution in [-0.2, 0) is 33.7 Å². The molecule has 1 aliphatic carbocycles. The summed E-state index contributed by atoms with van der Waals surface area (Å²) in [6.45, 7) is 5.86. The number of aromatic nitrogens is 2. The number of ether oxygens (including phenoxy) is 3. The van der Waals surface area contributed by atoms with Gasteiger partial charge in [0, 0.05) is 67.4 Å². The lowest BCUT2D eigenvalue weighted by Crippen LogP contribution is -2.66. The number of rotatable bonds is 10. The average Bonchev–Trinajstić information content (AvgIpc) is 3.71. The number of nitrogens with zero attached hydrogens (tertiary/aromatic N) is 4. The molecule has 3 aromatic carbocycles. The highest BCUT2D eigenvalue weighted by Gasteiger charge is 2.47. The van der Waals surface area contributed by atoms with Gasteiger partial charge in [-0.25, -0.2) is 4.98 Å². The fourth-order valence-electron chi connectivity index (χ4n) is 8.34. The molecule has 8 rings (SSSR count). The summed E-state index contributed by atoms with van der Waals surface area (Å²) >= 11 is 14.4. The van der Waals surface area contributed by atoms with Crippen LogP contribution in [0.25, 0.3) is 33.5 Å². The SMILES string of the molecule is CCOC(=O)C1CN(C2Cc3cc(-c4cccc(-c5cccc(-c6cnc(CN7CC8(CCC(=O)N8)C7)c(OC)n6)c5Cl)c4Cl)cc(OC)c3C2)C1. The molecule has 3 fully saturated rings. The Labute approximate surface area is 313 Å². The quantitative estimate of drug-likeness (QED) is 0.190. The molecule has 4 aromatic rings. The molecule has 3 aliphatic heterocycles. The average molecular weight is 743 g/mol. The van der Waals surface area contributed by atoms with Gasteiger partial charge in [-0.2, -0.15) is 0 Å². The third kappa shape index (κ3) is 6.29. The van der Waals surface area contributed by atoms with Crippen molar-refractivity contribution in [1.29, 1.82) is 0 Å². The van der Waals surface area contributed by atoms with Crippen molar-refractivity contribution in [2.45, 2.75) is 50.7 Å². The van der Waals surface area contributed by atoms with Crippen molar-refractivity contribution < 1.29 is 23.8 Å². The predicted octanol–water partition coefficient (Wildman–Crippen LogP) is 6.23. The van der Waals surface area contributed by atoms with Crippen molar-refractivity contribution in [1.82, 2.24) is 25.1 Å². The molecule has 0 bridgehead atoms. The van der Waals surface area contributed by atoms with E-state index >= 15 is 0 Å². The molecule has 3 saturated heterocycles. The van der Waals surface area contributed by atoms with Gasteiger partial charge in [0.15, 0.2) is 0 Å². The molecule has 1 atom stereocenters. The summed E-state index contributed by atoms with van der Waals surface area (Å²) in [4.78, 5) is 38.1. The highest BCUT2D eigenvalue weighted by Crippen LogP contribution is 2.45. The maximum atomic E-state index is 12.2. The van der Waals surface area contributed by atoms with Gasteiger partial charge in [-0.05, 0) is 48.9 Å². The molecule has 12 heteroatoms. The van der Waals surface area contributed by atoms with Crippen LogP contribution in [0, 0.1) is 5.92 Å². The Balaban J connectivity index is 1.03. The number of carbonyl (C=O) groups is 2.